The van der Waals surface area contributed by atoms with Crippen molar-refractivity contribution in [3.63, 3.8) is 0 Å². The van der Waals surface area contributed by atoms with Crippen LogP contribution < -0.4 is 0 Å². The van der Waals surface area contributed by atoms with Gasteiger partial charge in [-0.05, 0) is 11.5 Å². The molecule has 0 aromatic carbocycles. The third-order valence-corrected chi connectivity index (χ3v) is 1.90. The third-order valence-electron chi connectivity index (χ3n) is 1.90. The van der Waals surface area contributed by atoms with E-state index in [2.05, 4.69) is 0 Å². The maximum Gasteiger partial charge on any atom is 0.267 e. The number of Topliss-reactive ketones (excluding diaryl/α,β-unsaturated/α-hetero) is 1. The summed E-state index contributed by atoms with van der Waals surface area (Å²) in [5.41, 5.74) is 0.189. The molecule has 1 N–H and O–H groups in total. The SMILES string of the molecule is CC(C)(C)C1=C(O)C(=O)C(=O)C=C1. The normalized spacial score (nSPS) is 18.4. The van der Waals surface area contributed by atoms with E-state index < -0.39 is 17.3 Å². The average Bonchev–Trinajstić information content (AvgIpc) is 1.98. The highest BCUT2D eigenvalue weighted by Gasteiger charge is 2.29. The van der Waals surface area contributed by atoms with Crippen molar-refractivity contribution in [2.24, 2.45) is 5.41 Å². The molecule has 1 rings (SSSR count). The zero-order chi connectivity index (χ0) is 10.2. The monoisotopic (exact) mass is 180 g/mol. The van der Waals surface area contributed by atoms with Gasteiger partial charge in [-0.1, -0.05) is 26.8 Å². The molecule has 1 aliphatic carbocycles. The van der Waals surface area contributed by atoms with Gasteiger partial charge in [-0.15, -0.1) is 0 Å². The molecule has 0 amide bonds. The van der Waals surface area contributed by atoms with Crippen molar-refractivity contribution in [3.05, 3.63) is 23.5 Å². The maximum atomic E-state index is 11.1. The molecule has 0 heterocycles. The fraction of sp³-hybridized carbons (Fsp3) is 0.400. The summed E-state index contributed by atoms with van der Waals surface area (Å²) in [6.45, 7) is 5.60. The first kappa shape index (κ1) is 9.71. The molecule has 0 spiro atoms. The molecule has 0 aromatic heterocycles. The van der Waals surface area contributed by atoms with Crippen molar-refractivity contribution < 1.29 is 14.7 Å². The molecule has 0 unspecified atom stereocenters. The number of rotatable bonds is 0. The summed E-state index contributed by atoms with van der Waals surface area (Å²) in [6.07, 6.45) is 2.70. The fourth-order valence-electron chi connectivity index (χ4n) is 1.16. The van der Waals surface area contributed by atoms with Crippen LogP contribution in [0, 0.1) is 5.41 Å². The minimum atomic E-state index is -0.813. The van der Waals surface area contributed by atoms with Crippen molar-refractivity contribution in [2.45, 2.75) is 20.8 Å². The van der Waals surface area contributed by atoms with Crippen LogP contribution in [0.5, 0.6) is 0 Å². The van der Waals surface area contributed by atoms with E-state index in [1.165, 1.54) is 12.2 Å². The van der Waals surface area contributed by atoms with Gasteiger partial charge in [-0.25, -0.2) is 0 Å². The molecule has 0 saturated heterocycles. The lowest BCUT2D eigenvalue weighted by molar-refractivity contribution is -0.133. The second kappa shape index (κ2) is 2.83. The first-order chi connectivity index (χ1) is 5.84. The van der Waals surface area contributed by atoms with Gasteiger partial charge in [0.2, 0.25) is 5.78 Å². The van der Waals surface area contributed by atoms with E-state index in [9.17, 15) is 14.7 Å². The van der Waals surface area contributed by atoms with E-state index in [1.54, 1.807) is 0 Å². The summed E-state index contributed by atoms with van der Waals surface area (Å²) in [7, 11) is 0. The molecular formula is C10H12O3. The summed E-state index contributed by atoms with van der Waals surface area (Å²) < 4.78 is 0. The van der Waals surface area contributed by atoms with E-state index in [0.29, 0.717) is 5.57 Å². The van der Waals surface area contributed by atoms with Gasteiger partial charge in [-0.3, -0.25) is 9.59 Å². The van der Waals surface area contributed by atoms with Gasteiger partial charge in [0.15, 0.2) is 5.76 Å². The molecule has 0 aliphatic heterocycles. The van der Waals surface area contributed by atoms with E-state index in [1.807, 2.05) is 20.8 Å². The maximum absolute atomic E-state index is 11.1. The topological polar surface area (TPSA) is 54.4 Å². The molecule has 3 nitrogen and oxygen atoms in total. The quantitative estimate of drug-likeness (QED) is 0.454. The molecule has 0 radical (unpaired) electrons. The van der Waals surface area contributed by atoms with Crippen molar-refractivity contribution >= 4 is 11.6 Å². The lowest BCUT2D eigenvalue weighted by atomic mass is 9.82. The van der Waals surface area contributed by atoms with Crippen molar-refractivity contribution in [1.82, 2.24) is 0 Å². The van der Waals surface area contributed by atoms with Gasteiger partial charge in [0.05, 0.1) is 0 Å². The van der Waals surface area contributed by atoms with Crippen LogP contribution in [0.4, 0.5) is 0 Å². The number of carbonyl (C=O) groups excluding carboxylic acids is 2. The summed E-state index contributed by atoms with van der Waals surface area (Å²) >= 11 is 0. The van der Waals surface area contributed by atoms with Crippen LogP contribution >= 0.6 is 0 Å². The standard InChI is InChI=1S/C10H12O3/c1-10(2,3)6-4-5-7(11)9(13)8(6)12/h4-5,12H,1-3H3. The highest BCUT2D eigenvalue weighted by Crippen LogP contribution is 2.30. The number of aliphatic hydroxyl groups is 1. The number of hydrogen-bond donors (Lipinski definition) is 1. The number of hydrogen-bond acceptors (Lipinski definition) is 3. The fourth-order valence-corrected chi connectivity index (χ4v) is 1.16. The molecule has 0 saturated carbocycles. The Kier molecular flexibility index (Phi) is 2.12. The molecule has 0 bridgehead atoms. The zero-order valence-electron chi connectivity index (χ0n) is 7.92. The van der Waals surface area contributed by atoms with Crippen molar-refractivity contribution in [2.75, 3.05) is 0 Å². The minimum absolute atomic E-state index is 0.322. The summed E-state index contributed by atoms with van der Waals surface area (Å²) in [5, 5.41) is 9.40. The zero-order valence-corrected chi connectivity index (χ0v) is 7.92. The molecule has 0 atom stereocenters. The summed E-state index contributed by atoms with van der Waals surface area (Å²) in [6, 6.07) is 0. The van der Waals surface area contributed by atoms with E-state index in [-0.39, 0.29) is 5.41 Å². The molecule has 0 fully saturated rings. The van der Waals surface area contributed by atoms with Gasteiger partial charge >= 0.3 is 0 Å². The Hall–Kier alpha value is -1.38. The highest BCUT2D eigenvalue weighted by molar-refractivity contribution is 6.47. The first-order valence-electron chi connectivity index (χ1n) is 4.04. The molecule has 70 valence electrons. The lowest BCUT2D eigenvalue weighted by Crippen LogP contribution is -2.23. The Morgan fingerprint density at radius 2 is 1.69 bits per heavy atom. The minimum Gasteiger partial charge on any atom is -0.504 e. The summed E-state index contributed by atoms with van der Waals surface area (Å²) in [5.74, 6) is -1.89. The third kappa shape index (κ3) is 1.69. The Morgan fingerprint density at radius 1 is 1.15 bits per heavy atom. The predicted octanol–water partition coefficient (Wildman–Crippen LogP) is 1.55. The number of allylic oxidation sites excluding steroid dienone is 4. The second-order valence-corrected chi connectivity index (χ2v) is 4.04. The second-order valence-electron chi connectivity index (χ2n) is 4.04. The Balaban J connectivity index is 3.20. The predicted molar refractivity (Wildman–Crippen MR) is 48.3 cm³/mol. The van der Waals surface area contributed by atoms with E-state index in [4.69, 9.17) is 0 Å². The Bertz CT molecular complexity index is 327. The van der Waals surface area contributed by atoms with Crippen LogP contribution in [0.15, 0.2) is 23.5 Å². The van der Waals surface area contributed by atoms with E-state index >= 15 is 0 Å². The first-order valence-corrected chi connectivity index (χ1v) is 4.04. The summed E-state index contributed by atoms with van der Waals surface area (Å²) in [4.78, 5) is 21.9. The van der Waals surface area contributed by atoms with Gasteiger partial charge in [0.1, 0.15) is 0 Å². The Morgan fingerprint density at radius 3 is 2.15 bits per heavy atom. The number of ketones is 2. The molecule has 3 heteroatoms. The van der Waals surface area contributed by atoms with Crippen LogP contribution in [0.3, 0.4) is 0 Å². The van der Waals surface area contributed by atoms with Gasteiger partial charge in [-0.2, -0.15) is 0 Å². The molecule has 0 aromatic rings. The highest BCUT2D eigenvalue weighted by atomic mass is 16.3. The average molecular weight is 180 g/mol. The van der Waals surface area contributed by atoms with Crippen LogP contribution in [-0.4, -0.2) is 16.7 Å². The van der Waals surface area contributed by atoms with Crippen LogP contribution in [-0.2, 0) is 9.59 Å². The van der Waals surface area contributed by atoms with Gasteiger partial charge in [0, 0.05) is 5.57 Å². The van der Waals surface area contributed by atoms with Crippen LogP contribution in [0.25, 0.3) is 0 Å². The van der Waals surface area contributed by atoms with Crippen molar-refractivity contribution in [1.29, 1.82) is 0 Å². The number of carbonyl (C=O) groups is 2. The smallest absolute Gasteiger partial charge is 0.267 e. The Labute approximate surface area is 76.8 Å². The molecule has 1 aliphatic rings. The van der Waals surface area contributed by atoms with E-state index in [0.717, 1.165) is 0 Å². The molecular weight excluding hydrogens is 168 g/mol. The van der Waals surface area contributed by atoms with Gasteiger partial charge < -0.3 is 5.11 Å². The van der Waals surface area contributed by atoms with Crippen molar-refractivity contribution in [3.8, 4) is 0 Å². The van der Waals surface area contributed by atoms with Gasteiger partial charge in [0.25, 0.3) is 5.78 Å². The molecule has 13 heavy (non-hydrogen) atoms. The largest absolute Gasteiger partial charge is 0.504 e. The lowest BCUT2D eigenvalue weighted by Gasteiger charge is -2.22. The number of aliphatic hydroxyl groups excluding tert-OH is 1. The van der Waals surface area contributed by atoms with Crippen LogP contribution in [0.1, 0.15) is 20.8 Å². The van der Waals surface area contributed by atoms with Crippen LogP contribution in [0.2, 0.25) is 0 Å².